The van der Waals surface area contributed by atoms with E-state index in [0.29, 0.717) is 16.5 Å². The van der Waals surface area contributed by atoms with E-state index in [4.69, 9.17) is 4.74 Å². The minimum atomic E-state index is -5.00. The van der Waals surface area contributed by atoms with Crippen molar-refractivity contribution in [3.8, 4) is 0 Å². The van der Waals surface area contributed by atoms with E-state index in [9.17, 15) is 36.3 Å². The summed E-state index contributed by atoms with van der Waals surface area (Å²) in [6, 6.07) is -0.594. The van der Waals surface area contributed by atoms with E-state index in [0.717, 1.165) is 37.2 Å². The maximum Gasteiger partial charge on any atom is 0.416 e. The van der Waals surface area contributed by atoms with Gasteiger partial charge in [-0.05, 0) is 61.8 Å². The Morgan fingerprint density at radius 3 is 2.35 bits per heavy atom. The van der Waals surface area contributed by atoms with Crippen molar-refractivity contribution in [3.63, 3.8) is 0 Å². The molecule has 1 aromatic carbocycles. The number of ether oxygens (including phenoxy) is 1. The third kappa shape index (κ3) is 6.42. The molecule has 8 nitrogen and oxygen atoms in total. The number of benzene rings is 1. The molecule has 0 spiro atoms. The van der Waals surface area contributed by atoms with E-state index in [-0.39, 0.29) is 31.7 Å². The van der Waals surface area contributed by atoms with Gasteiger partial charge in [0.15, 0.2) is 0 Å². The molecule has 2 heterocycles. The molecule has 1 aliphatic heterocycles. The van der Waals surface area contributed by atoms with Crippen LogP contribution in [0.25, 0.3) is 0 Å². The van der Waals surface area contributed by atoms with Crippen molar-refractivity contribution >= 4 is 23.6 Å². The number of aromatic nitrogens is 1. The highest BCUT2D eigenvalue weighted by atomic mass is 19.4. The summed E-state index contributed by atoms with van der Waals surface area (Å²) in [6.45, 7) is -0.0118. The van der Waals surface area contributed by atoms with Crippen molar-refractivity contribution in [3.05, 3.63) is 59.2 Å². The van der Waals surface area contributed by atoms with Crippen LogP contribution >= 0.6 is 0 Å². The molecule has 2 aliphatic carbocycles. The first-order chi connectivity index (χ1) is 20.3. The predicted octanol–water partition coefficient (Wildman–Crippen LogP) is 5.73. The number of anilines is 1. The number of hydrogen-bond acceptors (Lipinski definition) is 5. The maximum absolute atomic E-state index is 15.8. The van der Waals surface area contributed by atoms with Gasteiger partial charge in [-0.25, -0.2) is 22.8 Å². The van der Waals surface area contributed by atoms with Gasteiger partial charge in [-0.1, -0.05) is 6.07 Å². The number of likely N-dealkylation sites (tertiary alicyclic amines) is 1. The zero-order chi connectivity index (χ0) is 31.1. The first-order valence-electron chi connectivity index (χ1n) is 14.0. The SMILES string of the molecule is COC(=O)[C@H]1CCN1C(=O)N(c1ccc(C2CC2)cc1F)C(C(=O)NC1CCC(F)(F)CC1)c1cnccc1C(F)(F)F. The maximum atomic E-state index is 15.8. The van der Waals surface area contributed by atoms with E-state index >= 15 is 4.39 Å². The molecule has 3 aliphatic rings. The van der Waals surface area contributed by atoms with Gasteiger partial charge in [0.25, 0.3) is 0 Å². The summed E-state index contributed by atoms with van der Waals surface area (Å²) < 4.78 is 91.0. The number of rotatable bonds is 7. The Balaban J connectivity index is 1.62. The number of alkyl halides is 5. The smallest absolute Gasteiger partial charge is 0.416 e. The quantitative estimate of drug-likeness (QED) is 0.319. The lowest BCUT2D eigenvalue weighted by atomic mass is 9.91. The second-order valence-electron chi connectivity index (χ2n) is 11.2. The number of esters is 1. The molecule has 43 heavy (non-hydrogen) atoms. The minimum Gasteiger partial charge on any atom is -0.467 e. The summed E-state index contributed by atoms with van der Waals surface area (Å²) in [6.07, 6.45) is -2.93. The second kappa shape index (κ2) is 11.7. The molecule has 1 saturated heterocycles. The number of hydrogen-bond donors (Lipinski definition) is 1. The van der Waals surface area contributed by atoms with E-state index in [1.165, 1.54) is 18.2 Å². The Morgan fingerprint density at radius 2 is 1.79 bits per heavy atom. The summed E-state index contributed by atoms with van der Waals surface area (Å²) in [5.74, 6) is -5.72. The standard InChI is InChI=1S/C29H30F6N4O4/c1-43-26(41)23-9-13-38(23)27(42)39(22-5-4-17(14-21(22)30)16-2-3-16)24(19-15-36-12-8-20(19)29(33,34)35)25(40)37-18-6-10-28(31,32)11-7-18/h4-5,8,12,14-16,18,23-24H,2-3,6-7,9-11,13H2,1H3,(H,37,40)/t23-,24?/m1/s1. The van der Waals surface area contributed by atoms with Crippen LogP contribution in [0.1, 0.15) is 73.6 Å². The molecule has 2 aromatic rings. The summed E-state index contributed by atoms with van der Waals surface area (Å²) in [5, 5.41) is 2.52. The Morgan fingerprint density at radius 1 is 1.09 bits per heavy atom. The topological polar surface area (TPSA) is 91.8 Å². The molecule has 1 unspecified atom stereocenters. The van der Waals surface area contributed by atoms with Gasteiger partial charge in [-0.15, -0.1) is 0 Å². The predicted molar refractivity (Wildman–Crippen MR) is 141 cm³/mol. The van der Waals surface area contributed by atoms with E-state index < -0.39 is 83.6 Å². The lowest BCUT2D eigenvalue weighted by Crippen LogP contribution is -2.61. The van der Waals surface area contributed by atoms with Crippen LogP contribution in [0.15, 0.2) is 36.7 Å². The average Bonchev–Trinajstić information content (AvgIpc) is 3.77. The van der Waals surface area contributed by atoms with Crippen molar-refractivity contribution in [1.82, 2.24) is 15.2 Å². The summed E-state index contributed by atoms with van der Waals surface area (Å²) >= 11 is 0. The van der Waals surface area contributed by atoms with Crippen molar-refractivity contribution in [1.29, 1.82) is 0 Å². The van der Waals surface area contributed by atoms with Crippen molar-refractivity contribution in [2.45, 2.75) is 81.1 Å². The van der Waals surface area contributed by atoms with Crippen molar-refractivity contribution in [2.75, 3.05) is 18.6 Å². The Bertz CT molecular complexity index is 1390. The van der Waals surface area contributed by atoms with Gasteiger partial charge < -0.3 is 15.0 Å². The minimum absolute atomic E-state index is 0.0118. The Hall–Kier alpha value is -3.84. The summed E-state index contributed by atoms with van der Waals surface area (Å²) in [4.78, 5) is 45.7. The van der Waals surface area contributed by atoms with Crippen molar-refractivity contribution < 1.29 is 45.5 Å². The molecule has 0 bridgehead atoms. The van der Waals surface area contributed by atoms with Crippen LogP contribution in [-0.2, 0) is 20.5 Å². The molecule has 1 aromatic heterocycles. The fourth-order valence-electron chi connectivity index (χ4n) is 5.62. The van der Waals surface area contributed by atoms with Crippen LogP contribution < -0.4 is 10.2 Å². The zero-order valence-corrected chi connectivity index (χ0v) is 23.2. The molecule has 3 amide bonds. The number of carbonyl (C=O) groups excluding carboxylic acids is 3. The number of pyridine rings is 1. The molecule has 5 rings (SSSR count). The van der Waals surface area contributed by atoms with Crippen LogP contribution in [0.3, 0.4) is 0 Å². The van der Waals surface area contributed by atoms with Crippen LogP contribution in [0.2, 0.25) is 0 Å². The molecular weight excluding hydrogens is 582 g/mol. The number of nitrogens with one attached hydrogen (secondary N) is 1. The molecule has 0 radical (unpaired) electrons. The van der Waals surface area contributed by atoms with E-state index in [2.05, 4.69) is 10.3 Å². The van der Waals surface area contributed by atoms with Gasteiger partial charge in [0.1, 0.15) is 17.9 Å². The van der Waals surface area contributed by atoms with Crippen LogP contribution in [0.5, 0.6) is 0 Å². The molecular formula is C29H30F6N4O4. The van der Waals surface area contributed by atoms with Gasteiger partial charge in [0, 0.05) is 43.4 Å². The van der Waals surface area contributed by atoms with Crippen LogP contribution in [0, 0.1) is 5.82 Å². The molecule has 3 fully saturated rings. The van der Waals surface area contributed by atoms with Gasteiger partial charge in [0.2, 0.25) is 11.8 Å². The Kier molecular flexibility index (Phi) is 8.32. The van der Waals surface area contributed by atoms with Gasteiger partial charge in [-0.3, -0.25) is 14.7 Å². The summed E-state index contributed by atoms with van der Waals surface area (Å²) in [7, 11) is 1.10. The number of halogens is 6. The highest BCUT2D eigenvalue weighted by molar-refractivity contribution is 6.02. The van der Waals surface area contributed by atoms with Crippen molar-refractivity contribution in [2.24, 2.45) is 0 Å². The summed E-state index contributed by atoms with van der Waals surface area (Å²) in [5.41, 5.74) is -1.90. The molecule has 1 N–H and O–H groups in total. The largest absolute Gasteiger partial charge is 0.467 e. The number of nitrogens with zero attached hydrogens (tertiary/aromatic N) is 3. The number of carbonyl (C=O) groups is 3. The first kappa shape index (κ1) is 30.6. The molecule has 2 atom stereocenters. The third-order valence-corrected chi connectivity index (χ3v) is 8.25. The number of urea groups is 1. The average molecular weight is 613 g/mol. The Labute approximate surface area is 243 Å². The van der Waals surface area contributed by atoms with Gasteiger partial charge >= 0.3 is 18.2 Å². The number of methoxy groups -OCH3 is 1. The second-order valence-corrected chi connectivity index (χ2v) is 11.2. The molecule has 232 valence electrons. The molecule has 14 heteroatoms. The van der Waals surface area contributed by atoms with Crippen LogP contribution in [-0.4, -0.2) is 59.5 Å². The fourth-order valence-corrected chi connectivity index (χ4v) is 5.62. The lowest BCUT2D eigenvalue weighted by molar-refractivity contribution is -0.149. The fraction of sp³-hybridized carbons (Fsp3) is 0.517. The first-order valence-corrected chi connectivity index (χ1v) is 14.0. The normalized spacial score (nSPS) is 21.0. The van der Waals surface area contributed by atoms with Crippen LogP contribution in [0.4, 0.5) is 36.8 Å². The monoisotopic (exact) mass is 612 g/mol. The lowest BCUT2D eigenvalue weighted by Gasteiger charge is -2.44. The van der Waals surface area contributed by atoms with Gasteiger partial charge in [0.05, 0.1) is 18.4 Å². The van der Waals surface area contributed by atoms with E-state index in [1.807, 2.05) is 0 Å². The van der Waals surface area contributed by atoms with E-state index in [1.54, 1.807) is 0 Å². The third-order valence-electron chi connectivity index (χ3n) is 8.25. The highest BCUT2D eigenvalue weighted by Crippen LogP contribution is 2.43. The number of amides is 3. The van der Waals surface area contributed by atoms with Gasteiger partial charge in [-0.2, -0.15) is 13.2 Å². The highest BCUT2D eigenvalue weighted by Gasteiger charge is 2.48. The zero-order valence-electron chi connectivity index (χ0n) is 23.2. The molecule has 2 saturated carbocycles.